The van der Waals surface area contributed by atoms with Crippen molar-refractivity contribution in [3.05, 3.63) is 48.2 Å². The fourth-order valence-electron chi connectivity index (χ4n) is 4.39. The van der Waals surface area contributed by atoms with Crippen molar-refractivity contribution in [3.63, 3.8) is 0 Å². The zero-order chi connectivity index (χ0) is 26.1. The topological polar surface area (TPSA) is 145 Å². The highest BCUT2D eigenvalue weighted by molar-refractivity contribution is 5.94. The lowest BCUT2D eigenvalue weighted by atomic mass is 10.0. The van der Waals surface area contributed by atoms with Gasteiger partial charge in [0.1, 0.15) is 18.1 Å². The van der Waals surface area contributed by atoms with Crippen LogP contribution in [0.25, 0.3) is 10.9 Å². The molecule has 3 rings (SSSR count). The number of rotatable bonds is 6. The van der Waals surface area contributed by atoms with Crippen molar-refractivity contribution in [1.82, 2.24) is 20.5 Å². The lowest BCUT2D eigenvalue weighted by Gasteiger charge is -2.24. The maximum absolute atomic E-state index is 13.4. The molecule has 0 fully saturated rings. The molecular weight excluding hydrogens is 462 g/mol. The molecule has 0 radical (unpaired) electrons. The number of fused-ring (bicyclic) bond motifs is 5. The summed E-state index contributed by atoms with van der Waals surface area (Å²) in [5.74, 6) is -1.89. The van der Waals surface area contributed by atoms with Crippen LogP contribution >= 0.6 is 0 Å². The number of aromatic nitrogens is 1. The Labute approximate surface area is 210 Å². The molecule has 1 aromatic heterocycles. The van der Waals surface area contributed by atoms with Crippen molar-refractivity contribution in [2.45, 2.75) is 63.7 Å². The van der Waals surface area contributed by atoms with Crippen LogP contribution in [0.1, 0.15) is 38.2 Å². The molecule has 10 nitrogen and oxygen atoms in total. The number of hydrogen-bond donors (Lipinski definition) is 4. The van der Waals surface area contributed by atoms with E-state index in [1.165, 1.54) is 14.0 Å². The molecule has 3 atom stereocenters. The second-order valence-electron chi connectivity index (χ2n) is 8.92. The standard InChI is InChI=1S/C26H35N5O5/c1-17(32)28-22-15-18-16-31(23-12-4-3-9-19(18)23)14-8-6-11-21(26(35)36-2)30-24(33)20(29-25(22)34)10-5-7-13-27/h3-4,6,8-9,12,16,20-22H,5,7,10-11,13-15,27H2,1-2H3,(H,28,32)(H,29,34)(H,30,33)/b8-6-/t20-,21+,22?/m1/s1. The maximum atomic E-state index is 13.4. The Kier molecular flexibility index (Phi) is 9.63. The zero-order valence-electron chi connectivity index (χ0n) is 20.8. The molecule has 10 heteroatoms. The van der Waals surface area contributed by atoms with E-state index in [0.717, 1.165) is 16.5 Å². The first-order valence-corrected chi connectivity index (χ1v) is 12.2. The Bertz CT molecular complexity index is 1130. The average Bonchev–Trinajstić information content (AvgIpc) is 3.20. The molecule has 0 saturated carbocycles. The van der Waals surface area contributed by atoms with Crippen molar-refractivity contribution >= 4 is 34.6 Å². The highest BCUT2D eigenvalue weighted by atomic mass is 16.5. The van der Waals surface area contributed by atoms with Crippen LogP contribution in [-0.4, -0.2) is 60.0 Å². The molecule has 1 unspecified atom stereocenters. The molecule has 0 spiro atoms. The van der Waals surface area contributed by atoms with Gasteiger partial charge in [0.25, 0.3) is 0 Å². The lowest BCUT2D eigenvalue weighted by Crippen LogP contribution is -2.56. The molecular formula is C26H35N5O5. The van der Waals surface area contributed by atoms with Crippen LogP contribution in [0.2, 0.25) is 0 Å². The highest BCUT2D eigenvalue weighted by Crippen LogP contribution is 2.23. The number of amides is 3. The van der Waals surface area contributed by atoms with E-state index in [1.807, 2.05) is 47.2 Å². The van der Waals surface area contributed by atoms with Gasteiger partial charge in [0, 0.05) is 37.0 Å². The van der Waals surface area contributed by atoms with Crippen molar-refractivity contribution in [2.24, 2.45) is 5.73 Å². The summed E-state index contributed by atoms with van der Waals surface area (Å²) >= 11 is 0. The summed E-state index contributed by atoms with van der Waals surface area (Å²) in [5.41, 5.74) is 7.50. The molecule has 36 heavy (non-hydrogen) atoms. The monoisotopic (exact) mass is 497 g/mol. The number of ether oxygens (including phenoxy) is 1. The number of carbonyl (C=O) groups excluding carboxylic acids is 4. The molecule has 2 aromatic rings. The van der Waals surface area contributed by atoms with Crippen molar-refractivity contribution in [1.29, 1.82) is 0 Å². The minimum absolute atomic E-state index is 0.239. The van der Waals surface area contributed by atoms with Gasteiger partial charge < -0.3 is 31.0 Å². The number of nitrogens with zero attached hydrogens (tertiary/aromatic N) is 1. The fraction of sp³-hybridized carbons (Fsp3) is 0.462. The van der Waals surface area contributed by atoms with E-state index in [4.69, 9.17) is 10.5 Å². The third-order valence-corrected chi connectivity index (χ3v) is 6.21. The molecule has 2 bridgehead atoms. The Hall–Kier alpha value is -3.66. The number of methoxy groups -OCH3 is 1. The van der Waals surface area contributed by atoms with E-state index < -0.39 is 35.9 Å². The predicted octanol–water partition coefficient (Wildman–Crippen LogP) is 0.920. The number of unbranched alkanes of at least 4 members (excludes halogenated alkanes) is 1. The summed E-state index contributed by atoms with van der Waals surface area (Å²) in [4.78, 5) is 50.8. The molecule has 194 valence electrons. The Balaban J connectivity index is 2.01. The summed E-state index contributed by atoms with van der Waals surface area (Å²) in [7, 11) is 1.26. The van der Waals surface area contributed by atoms with E-state index in [-0.39, 0.29) is 18.7 Å². The fourth-order valence-corrected chi connectivity index (χ4v) is 4.39. The Morgan fingerprint density at radius 2 is 1.92 bits per heavy atom. The number of benzene rings is 1. The zero-order valence-corrected chi connectivity index (χ0v) is 20.8. The first-order chi connectivity index (χ1) is 17.3. The molecule has 0 aliphatic carbocycles. The van der Waals surface area contributed by atoms with Crippen LogP contribution in [0, 0.1) is 0 Å². The first kappa shape index (κ1) is 26.9. The second-order valence-corrected chi connectivity index (χ2v) is 8.92. The van der Waals surface area contributed by atoms with Gasteiger partial charge in [-0.2, -0.15) is 0 Å². The molecule has 1 aliphatic heterocycles. The number of carbonyl (C=O) groups is 4. The van der Waals surface area contributed by atoms with Crippen LogP contribution in [0.3, 0.4) is 0 Å². The number of nitrogens with one attached hydrogen (secondary N) is 3. The second kappa shape index (κ2) is 12.9. The van der Waals surface area contributed by atoms with Crippen LogP contribution in [0.4, 0.5) is 0 Å². The molecule has 1 aliphatic rings. The molecule has 1 aromatic carbocycles. The predicted molar refractivity (Wildman–Crippen MR) is 136 cm³/mol. The van der Waals surface area contributed by atoms with Crippen LogP contribution in [0.15, 0.2) is 42.6 Å². The number of allylic oxidation sites excluding steroid dienone is 1. The molecule has 5 N–H and O–H groups in total. The van der Waals surface area contributed by atoms with Gasteiger partial charge in [-0.3, -0.25) is 14.4 Å². The van der Waals surface area contributed by atoms with Gasteiger partial charge in [-0.1, -0.05) is 30.4 Å². The smallest absolute Gasteiger partial charge is 0.328 e. The number of nitrogens with two attached hydrogens (primary N) is 1. The number of para-hydroxylation sites is 1. The van der Waals surface area contributed by atoms with Gasteiger partial charge in [0.2, 0.25) is 17.7 Å². The summed E-state index contributed by atoms with van der Waals surface area (Å²) in [6, 6.07) is 5.16. The van der Waals surface area contributed by atoms with Crippen molar-refractivity contribution < 1.29 is 23.9 Å². The van der Waals surface area contributed by atoms with Crippen LogP contribution in [0.5, 0.6) is 0 Å². The highest BCUT2D eigenvalue weighted by Gasteiger charge is 2.30. The van der Waals surface area contributed by atoms with Gasteiger partial charge in [-0.15, -0.1) is 0 Å². The van der Waals surface area contributed by atoms with Gasteiger partial charge in [-0.25, -0.2) is 4.79 Å². The summed E-state index contributed by atoms with van der Waals surface area (Å²) in [6.07, 6.45) is 7.84. The van der Waals surface area contributed by atoms with Crippen LogP contribution in [-0.2, 0) is 36.9 Å². The largest absolute Gasteiger partial charge is 0.467 e. The normalized spacial score (nSPS) is 22.0. The van der Waals surface area contributed by atoms with E-state index in [1.54, 1.807) is 0 Å². The van der Waals surface area contributed by atoms with Gasteiger partial charge in [0.05, 0.1) is 7.11 Å². The third-order valence-electron chi connectivity index (χ3n) is 6.21. The molecule has 2 heterocycles. The molecule has 0 saturated heterocycles. The SMILES string of the molecule is COC(=O)[C@@H]1C/C=C\Cn2cc(c3ccccc32)CC(NC(C)=O)C(=O)N[C@H](CCCCN)C(=O)N1. The Morgan fingerprint density at radius 3 is 2.64 bits per heavy atom. The van der Waals surface area contributed by atoms with E-state index in [0.29, 0.717) is 32.4 Å². The van der Waals surface area contributed by atoms with Gasteiger partial charge in [-0.05, 0) is 43.9 Å². The number of esters is 1. The van der Waals surface area contributed by atoms with Crippen molar-refractivity contribution in [2.75, 3.05) is 13.7 Å². The van der Waals surface area contributed by atoms with E-state index in [2.05, 4.69) is 16.0 Å². The van der Waals surface area contributed by atoms with E-state index in [9.17, 15) is 19.2 Å². The van der Waals surface area contributed by atoms with Gasteiger partial charge in [0.15, 0.2) is 0 Å². The molecule has 3 amide bonds. The average molecular weight is 498 g/mol. The third kappa shape index (κ3) is 6.94. The quantitative estimate of drug-likeness (QED) is 0.265. The summed E-state index contributed by atoms with van der Waals surface area (Å²) < 4.78 is 6.93. The minimum Gasteiger partial charge on any atom is -0.467 e. The van der Waals surface area contributed by atoms with E-state index >= 15 is 0 Å². The van der Waals surface area contributed by atoms with Crippen molar-refractivity contribution in [3.8, 4) is 0 Å². The lowest BCUT2D eigenvalue weighted by molar-refractivity contribution is -0.145. The van der Waals surface area contributed by atoms with Gasteiger partial charge >= 0.3 is 5.97 Å². The summed E-state index contributed by atoms with van der Waals surface area (Å²) in [6.45, 7) is 2.33. The Morgan fingerprint density at radius 1 is 1.14 bits per heavy atom. The van der Waals surface area contributed by atoms with Crippen LogP contribution < -0.4 is 21.7 Å². The number of hydrogen-bond acceptors (Lipinski definition) is 6. The minimum atomic E-state index is -0.902. The maximum Gasteiger partial charge on any atom is 0.328 e. The summed E-state index contributed by atoms with van der Waals surface area (Å²) in [5, 5.41) is 9.21. The first-order valence-electron chi connectivity index (χ1n) is 12.2.